The lowest BCUT2D eigenvalue weighted by molar-refractivity contribution is -0.153. The van der Waals surface area contributed by atoms with Crippen LogP contribution in [0.4, 0.5) is 31.1 Å². The number of alkyl halides is 6. The van der Waals surface area contributed by atoms with Crippen molar-refractivity contribution < 1.29 is 45.4 Å². The van der Waals surface area contributed by atoms with E-state index in [9.17, 15) is 35.9 Å². The van der Waals surface area contributed by atoms with Gasteiger partial charge in [0.15, 0.2) is 6.61 Å². The van der Waals surface area contributed by atoms with Gasteiger partial charge in [-0.05, 0) is 49.2 Å². The molecule has 0 aromatic heterocycles. The van der Waals surface area contributed by atoms with Gasteiger partial charge in [0.25, 0.3) is 0 Å². The number of carbonyl (C=O) groups is 2. The summed E-state index contributed by atoms with van der Waals surface area (Å²) in [5, 5.41) is 0. The zero-order valence-electron chi connectivity index (χ0n) is 23.8. The first-order chi connectivity index (χ1) is 20.3. The lowest BCUT2D eigenvalue weighted by Gasteiger charge is -2.26. The number of likely N-dealkylation sites (N-methyl/N-ethyl adjacent to an activating group) is 1. The van der Waals surface area contributed by atoms with Gasteiger partial charge in [0, 0.05) is 37.8 Å². The molecule has 0 aliphatic carbocycles. The number of halogens is 6. The first-order valence-corrected chi connectivity index (χ1v) is 14.0. The van der Waals surface area contributed by atoms with Gasteiger partial charge in [-0.15, -0.1) is 0 Å². The highest BCUT2D eigenvalue weighted by Crippen LogP contribution is 2.38. The third-order valence-electron chi connectivity index (χ3n) is 7.52. The molecule has 2 aliphatic heterocycles. The molecular weight excluding hydrogens is 580 g/mol. The highest BCUT2D eigenvalue weighted by Gasteiger charge is 2.41. The monoisotopic (exact) mass is 613 g/mol. The fourth-order valence-corrected chi connectivity index (χ4v) is 5.14. The van der Waals surface area contributed by atoms with Crippen LogP contribution in [0.2, 0.25) is 0 Å². The Hall–Kier alpha value is -3.74. The SMILES string of the molecule is CCN(CC)CCN(Cc1ccc(-c2ccc(C(F)(F)F)cc2OCC(F)(F)F)cc1)C(=O)C=C1OC(=O)N2CCCC12. The minimum Gasteiger partial charge on any atom is -0.483 e. The maximum atomic E-state index is 13.4. The van der Waals surface area contributed by atoms with Crippen LogP contribution >= 0.6 is 0 Å². The van der Waals surface area contributed by atoms with Gasteiger partial charge in [-0.3, -0.25) is 9.69 Å². The third-order valence-corrected chi connectivity index (χ3v) is 7.52. The third kappa shape index (κ3) is 8.21. The summed E-state index contributed by atoms with van der Waals surface area (Å²) in [5.41, 5.74) is -0.0371. The fourth-order valence-electron chi connectivity index (χ4n) is 5.14. The Morgan fingerprint density at radius 2 is 1.74 bits per heavy atom. The zero-order chi connectivity index (χ0) is 31.4. The van der Waals surface area contributed by atoms with Gasteiger partial charge in [-0.25, -0.2) is 4.79 Å². The summed E-state index contributed by atoms with van der Waals surface area (Å²) in [7, 11) is 0. The summed E-state index contributed by atoms with van der Waals surface area (Å²) < 4.78 is 88.3. The quantitative estimate of drug-likeness (QED) is 0.215. The first kappa shape index (κ1) is 32.2. The number of ether oxygens (including phenoxy) is 2. The lowest BCUT2D eigenvalue weighted by Crippen LogP contribution is -2.38. The standard InChI is InChI=1S/C30H33F6N3O4/c1-3-37(4-2)14-15-38(27(40)17-26-24-6-5-13-39(24)28(41)43-26)18-20-7-9-21(10-8-20)23-12-11-22(30(34,35)36)16-25(23)42-19-29(31,32)33/h7-12,16-17,24H,3-6,13-15,18-19H2,1-2H3. The van der Waals surface area contributed by atoms with Crippen molar-refractivity contribution in [1.29, 1.82) is 0 Å². The topological polar surface area (TPSA) is 62.3 Å². The van der Waals surface area contributed by atoms with Crippen LogP contribution in [0.1, 0.15) is 37.8 Å². The van der Waals surface area contributed by atoms with E-state index in [1.165, 1.54) is 6.08 Å². The van der Waals surface area contributed by atoms with Crippen LogP contribution in [-0.4, -0.2) is 78.2 Å². The van der Waals surface area contributed by atoms with Crippen molar-refractivity contribution >= 4 is 12.0 Å². The van der Waals surface area contributed by atoms with E-state index in [1.54, 1.807) is 34.1 Å². The van der Waals surface area contributed by atoms with Crippen molar-refractivity contribution in [3.8, 4) is 16.9 Å². The number of amides is 2. The Balaban J connectivity index is 1.56. The Kier molecular flexibility index (Phi) is 9.93. The molecule has 2 aromatic rings. The molecule has 13 heteroatoms. The van der Waals surface area contributed by atoms with Crippen molar-refractivity contribution in [2.24, 2.45) is 0 Å². The summed E-state index contributed by atoms with van der Waals surface area (Å²) in [4.78, 5) is 30.9. The fraction of sp³-hybridized carbons (Fsp3) is 0.467. The predicted octanol–water partition coefficient (Wildman–Crippen LogP) is 6.48. The van der Waals surface area contributed by atoms with E-state index >= 15 is 0 Å². The van der Waals surface area contributed by atoms with Crippen molar-refractivity contribution in [3.05, 3.63) is 65.4 Å². The largest absolute Gasteiger partial charge is 0.483 e. The minimum atomic E-state index is -4.76. The number of hydrogen-bond acceptors (Lipinski definition) is 5. The molecule has 1 unspecified atom stereocenters. The van der Waals surface area contributed by atoms with Gasteiger partial charge in [0.1, 0.15) is 11.5 Å². The van der Waals surface area contributed by atoms with Crippen molar-refractivity contribution in [2.75, 3.05) is 39.3 Å². The molecule has 0 spiro atoms. The molecule has 2 amide bonds. The Morgan fingerprint density at radius 1 is 1.05 bits per heavy atom. The molecule has 4 rings (SSSR count). The molecule has 43 heavy (non-hydrogen) atoms. The Morgan fingerprint density at radius 3 is 2.37 bits per heavy atom. The number of carbonyl (C=O) groups excluding carboxylic acids is 2. The van der Waals surface area contributed by atoms with Crippen molar-refractivity contribution in [1.82, 2.24) is 14.7 Å². The van der Waals surface area contributed by atoms with Gasteiger partial charge < -0.3 is 19.3 Å². The van der Waals surface area contributed by atoms with E-state index in [0.717, 1.165) is 31.6 Å². The average Bonchev–Trinajstić information content (AvgIpc) is 3.55. The van der Waals surface area contributed by atoms with Gasteiger partial charge in [0.05, 0.1) is 11.6 Å². The molecule has 2 heterocycles. The average molecular weight is 614 g/mol. The molecule has 1 atom stereocenters. The van der Waals surface area contributed by atoms with Crippen LogP contribution < -0.4 is 4.74 Å². The normalized spacial score (nSPS) is 17.9. The number of hydrogen-bond donors (Lipinski definition) is 0. The number of rotatable bonds is 11. The maximum Gasteiger partial charge on any atom is 0.422 e. The molecule has 2 aromatic carbocycles. The maximum absolute atomic E-state index is 13.4. The van der Waals surface area contributed by atoms with Crippen molar-refractivity contribution in [2.45, 2.75) is 51.6 Å². The van der Waals surface area contributed by atoms with Crippen LogP contribution in [0.15, 0.2) is 54.3 Å². The van der Waals surface area contributed by atoms with Gasteiger partial charge in [-0.1, -0.05) is 44.2 Å². The molecule has 0 radical (unpaired) electrons. The second-order valence-electron chi connectivity index (χ2n) is 10.4. The smallest absolute Gasteiger partial charge is 0.422 e. The van der Waals surface area contributed by atoms with E-state index in [2.05, 4.69) is 4.90 Å². The molecule has 7 nitrogen and oxygen atoms in total. The first-order valence-electron chi connectivity index (χ1n) is 14.0. The highest BCUT2D eigenvalue weighted by molar-refractivity contribution is 5.89. The molecule has 2 fully saturated rings. The van der Waals surface area contributed by atoms with E-state index in [0.29, 0.717) is 49.0 Å². The summed E-state index contributed by atoms with van der Waals surface area (Å²) in [6, 6.07) is 8.57. The predicted molar refractivity (Wildman–Crippen MR) is 146 cm³/mol. The van der Waals surface area contributed by atoms with E-state index in [1.807, 2.05) is 13.8 Å². The van der Waals surface area contributed by atoms with Crippen LogP contribution in [0.25, 0.3) is 11.1 Å². The second-order valence-corrected chi connectivity index (χ2v) is 10.4. The summed E-state index contributed by atoms with van der Waals surface area (Å²) in [5.74, 6) is -0.558. The van der Waals surface area contributed by atoms with E-state index in [4.69, 9.17) is 9.47 Å². The number of fused-ring (bicyclic) bond motifs is 1. The lowest BCUT2D eigenvalue weighted by atomic mass is 10.0. The van der Waals surface area contributed by atoms with Gasteiger partial charge in [0.2, 0.25) is 5.91 Å². The number of nitrogens with zero attached hydrogens (tertiary/aromatic N) is 3. The molecular formula is C30H33F6N3O4. The summed E-state index contributed by atoms with van der Waals surface area (Å²) >= 11 is 0. The van der Waals surface area contributed by atoms with Gasteiger partial charge >= 0.3 is 18.4 Å². The molecule has 0 N–H and O–H groups in total. The Bertz CT molecular complexity index is 1320. The zero-order valence-corrected chi connectivity index (χ0v) is 23.8. The molecule has 0 saturated carbocycles. The van der Waals surface area contributed by atoms with Crippen LogP contribution in [0.5, 0.6) is 5.75 Å². The molecule has 0 bridgehead atoms. The molecule has 234 valence electrons. The van der Waals surface area contributed by atoms with E-state index < -0.39 is 36.4 Å². The highest BCUT2D eigenvalue weighted by atomic mass is 19.4. The summed E-state index contributed by atoms with van der Waals surface area (Å²) in [6.07, 6.45) is -7.07. The second kappa shape index (κ2) is 13.3. The molecule has 2 saturated heterocycles. The molecule has 2 aliphatic rings. The van der Waals surface area contributed by atoms with E-state index in [-0.39, 0.29) is 24.1 Å². The minimum absolute atomic E-state index is 0.0622. The Labute approximate surface area is 245 Å². The van der Waals surface area contributed by atoms with Crippen LogP contribution in [0.3, 0.4) is 0 Å². The summed E-state index contributed by atoms with van der Waals surface area (Å²) in [6.45, 7) is 5.58. The number of benzene rings is 2. The van der Waals surface area contributed by atoms with Crippen LogP contribution in [-0.2, 0) is 22.3 Å². The van der Waals surface area contributed by atoms with Gasteiger partial charge in [-0.2, -0.15) is 26.3 Å². The number of cyclic esters (lactones) is 1. The van der Waals surface area contributed by atoms with Crippen molar-refractivity contribution in [3.63, 3.8) is 0 Å². The van der Waals surface area contributed by atoms with Crippen LogP contribution in [0, 0.1) is 0 Å².